The fourth-order valence-electron chi connectivity index (χ4n) is 4.08. The molecule has 0 unspecified atom stereocenters. The summed E-state index contributed by atoms with van der Waals surface area (Å²) in [5.41, 5.74) is 2.60. The van der Waals surface area contributed by atoms with Crippen LogP contribution >= 0.6 is 0 Å². The van der Waals surface area contributed by atoms with Gasteiger partial charge < -0.3 is 13.9 Å². The smallest absolute Gasteiger partial charge is 0.234 e. The summed E-state index contributed by atoms with van der Waals surface area (Å²) in [7, 11) is 1.64. The highest BCUT2D eigenvalue weighted by molar-refractivity contribution is 5.81. The monoisotopic (exact) mass is 378 g/mol. The topological polar surface area (TPSA) is 48.7 Å². The van der Waals surface area contributed by atoms with Gasteiger partial charge in [0.15, 0.2) is 0 Å². The van der Waals surface area contributed by atoms with Crippen molar-refractivity contribution >= 4 is 11.0 Å². The van der Waals surface area contributed by atoms with Gasteiger partial charge in [0.05, 0.1) is 12.5 Å². The molecular formula is C24H26O4. The van der Waals surface area contributed by atoms with Gasteiger partial charge in [-0.25, -0.2) is 0 Å². The lowest BCUT2D eigenvalue weighted by molar-refractivity contribution is 0.294. The van der Waals surface area contributed by atoms with Crippen molar-refractivity contribution in [3.63, 3.8) is 0 Å². The first-order chi connectivity index (χ1) is 13.7. The van der Waals surface area contributed by atoms with Crippen LogP contribution in [0.2, 0.25) is 0 Å². The molecule has 1 fully saturated rings. The third kappa shape index (κ3) is 4.06. The SMILES string of the molecule is COc1ccc(COc2coc3cccc(CC4CCCCC4)c3c2=O)cc1. The zero-order chi connectivity index (χ0) is 19.3. The molecule has 0 bridgehead atoms. The molecule has 0 radical (unpaired) electrons. The Morgan fingerprint density at radius 3 is 2.57 bits per heavy atom. The summed E-state index contributed by atoms with van der Waals surface area (Å²) in [4.78, 5) is 13.1. The summed E-state index contributed by atoms with van der Waals surface area (Å²) >= 11 is 0. The van der Waals surface area contributed by atoms with Crippen LogP contribution in [0.5, 0.6) is 11.5 Å². The number of methoxy groups -OCH3 is 1. The minimum absolute atomic E-state index is 0.0822. The summed E-state index contributed by atoms with van der Waals surface area (Å²) in [5, 5.41) is 0.667. The quantitative estimate of drug-likeness (QED) is 0.568. The molecule has 146 valence electrons. The van der Waals surface area contributed by atoms with Gasteiger partial charge in [0.25, 0.3) is 0 Å². The molecule has 0 spiro atoms. The van der Waals surface area contributed by atoms with Crippen molar-refractivity contribution in [3.05, 3.63) is 70.1 Å². The summed E-state index contributed by atoms with van der Waals surface area (Å²) in [6.45, 7) is 0.311. The number of fused-ring (bicyclic) bond motifs is 1. The molecular weight excluding hydrogens is 352 g/mol. The van der Waals surface area contributed by atoms with Crippen molar-refractivity contribution in [2.45, 2.75) is 45.1 Å². The van der Waals surface area contributed by atoms with Crippen LogP contribution in [0.1, 0.15) is 43.2 Å². The van der Waals surface area contributed by atoms with Crippen LogP contribution in [0, 0.1) is 5.92 Å². The third-order valence-corrected chi connectivity index (χ3v) is 5.64. The summed E-state index contributed by atoms with van der Waals surface area (Å²) < 4.78 is 16.7. The highest BCUT2D eigenvalue weighted by Gasteiger charge is 2.18. The lowest BCUT2D eigenvalue weighted by atomic mass is 9.84. The van der Waals surface area contributed by atoms with Crippen LogP contribution in [-0.2, 0) is 13.0 Å². The van der Waals surface area contributed by atoms with E-state index < -0.39 is 0 Å². The van der Waals surface area contributed by atoms with E-state index in [0.29, 0.717) is 23.5 Å². The molecule has 28 heavy (non-hydrogen) atoms. The molecule has 2 aromatic carbocycles. The summed E-state index contributed by atoms with van der Waals surface area (Å²) in [6, 6.07) is 13.5. The number of hydrogen-bond donors (Lipinski definition) is 0. The molecule has 1 heterocycles. The van der Waals surface area contributed by atoms with E-state index in [-0.39, 0.29) is 11.2 Å². The van der Waals surface area contributed by atoms with Gasteiger partial charge in [-0.2, -0.15) is 0 Å². The second kappa shape index (κ2) is 8.51. The molecule has 1 aliphatic rings. The maximum atomic E-state index is 13.1. The van der Waals surface area contributed by atoms with Crippen molar-refractivity contribution in [2.75, 3.05) is 7.11 Å². The lowest BCUT2D eigenvalue weighted by Gasteiger charge is -2.22. The van der Waals surface area contributed by atoms with Crippen LogP contribution < -0.4 is 14.9 Å². The van der Waals surface area contributed by atoms with E-state index in [2.05, 4.69) is 6.07 Å². The van der Waals surface area contributed by atoms with E-state index >= 15 is 0 Å². The van der Waals surface area contributed by atoms with Crippen molar-refractivity contribution in [3.8, 4) is 11.5 Å². The Labute approximate surface area is 165 Å². The highest BCUT2D eigenvalue weighted by atomic mass is 16.5. The normalized spacial score (nSPS) is 14.9. The van der Waals surface area contributed by atoms with Gasteiger partial charge in [0.1, 0.15) is 24.2 Å². The number of benzene rings is 2. The molecule has 0 N–H and O–H groups in total. The van der Waals surface area contributed by atoms with Gasteiger partial charge in [0.2, 0.25) is 11.2 Å². The Balaban J connectivity index is 1.57. The fourth-order valence-corrected chi connectivity index (χ4v) is 4.08. The van der Waals surface area contributed by atoms with E-state index in [4.69, 9.17) is 13.9 Å². The number of rotatable bonds is 6. The minimum atomic E-state index is -0.0822. The van der Waals surface area contributed by atoms with Crippen molar-refractivity contribution in [1.29, 1.82) is 0 Å². The largest absolute Gasteiger partial charge is 0.497 e. The van der Waals surface area contributed by atoms with Gasteiger partial charge in [-0.05, 0) is 41.7 Å². The fraction of sp³-hybridized carbons (Fsp3) is 0.375. The molecule has 4 rings (SSSR count). The molecule has 1 aromatic heterocycles. The zero-order valence-corrected chi connectivity index (χ0v) is 16.3. The maximum Gasteiger partial charge on any atom is 0.234 e. The Morgan fingerprint density at radius 2 is 1.82 bits per heavy atom. The van der Waals surface area contributed by atoms with E-state index in [1.807, 2.05) is 36.4 Å². The van der Waals surface area contributed by atoms with Gasteiger partial charge in [-0.15, -0.1) is 0 Å². The Hall–Kier alpha value is -2.75. The Bertz CT molecular complexity index is 982. The lowest BCUT2D eigenvalue weighted by Crippen LogP contribution is -2.13. The van der Waals surface area contributed by atoms with Crippen molar-refractivity contribution in [2.24, 2.45) is 5.92 Å². The molecule has 0 atom stereocenters. The highest BCUT2D eigenvalue weighted by Crippen LogP contribution is 2.29. The van der Waals surface area contributed by atoms with Crippen LogP contribution in [0.15, 0.2) is 57.9 Å². The first-order valence-electron chi connectivity index (χ1n) is 10.0. The van der Waals surface area contributed by atoms with Crippen LogP contribution in [-0.4, -0.2) is 7.11 Å². The molecule has 1 aliphatic carbocycles. The minimum Gasteiger partial charge on any atom is -0.497 e. The molecule has 4 heteroatoms. The van der Waals surface area contributed by atoms with Crippen molar-refractivity contribution < 1.29 is 13.9 Å². The predicted octanol–water partition coefficient (Wildman–Crippen LogP) is 5.50. The van der Waals surface area contributed by atoms with E-state index in [1.165, 1.54) is 38.4 Å². The van der Waals surface area contributed by atoms with Crippen molar-refractivity contribution in [1.82, 2.24) is 0 Å². The van der Waals surface area contributed by atoms with E-state index in [0.717, 1.165) is 23.3 Å². The van der Waals surface area contributed by atoms with Gasteiger partial charge in [-0.1, -0.05) is 56.4 Å². The van der Waals surface area contributed by atoms with Crippen LogP contribution in [0.3, 0.4) is 0 Å². The Morgan fingerprint density at radius 1 is 1.04 bits per heavy atom. The molecule has 1 saturated carbocycles. The first kappa shape index (κ1) is 18.6. The van der Waals surface area contributed by atoms with Crippen LogP contribution in [0.4, 0.5) is 0 Å². The Kier molecular flexibility index (Phi) is 5.65. The molecule has 3 aromatic rings. The van der Waals surface area contributed by atoms with Gasteiger partial charge in [0, 0.05) is 0 Å². The maximum absolute atomic E-state index is 13.1. The van der Waals surface area contributed by atoms with E-state index in [9.17, 15) is 4.79 Å². The molecule has 0 saturated heterocycles. The summed E-state index contributed by atoms with van der Waals surface area (Å²) in [6.07, 6.45) is 8.77. The van der Waals surface area contributed by atoms with Gasteiger partial charge >= 0.3 is 0 Å². The average molecular weight is 378 g/mol. The zero-order valence-electron chi connectivity index (χ0n) is 16.3. The molecule has 4 nitrogen and oxygen atoms in total. The second-order valence-electron chi connectivity index (χ2n) is 7.56. The average Bonchev–Trinajstić information content (AvgIpc) is 2.74. The summed E-state index contributed by atoms with van der Waals surface area (Å²) in [5.74, 6) is 1.71. The van der Waals surface area contributed by atoms with Crippen LogP contribution in [0.25, 0.3) is 11.0 Å². The third-order valence-electron chi connectivity index (χ3n) is 5.64. The standard InChI is InChI=1S/C24H26O4/c1-26-20-12-10-18(11-13-20)15-27-22-16-28-21-9-5-8-19(23(21)24(22)25)14-17-6-3-2-4-7-17/h5,8-13,16-17H,2-4,6-7,14-15H2,1H3. The number of hydrogen-bond acceptors (Lipinski definition) is 4. The van der Waals surface area contributed by atoms with Gasteiger partial charge in [-0.3, -0.25) is 4.79 Å². The number of ether oxygens (including phenoxy) is 2. The molecule has 0 amide bonds. The predicted molar refractivity (Wildman–Crippen MR) is 110 cm³/mol. The molecule has 0 aliphatic heterocycles. The van der Waals surface area contributed by atoms with E-state index in [1.54, 1.807) is 7.11 Å². The first-order valence-corrected chi connectivity index (χ1v) is 10.0. The second-order valence-corrected chi connectivity index (χ2v) is 7.56.